The molecule has 1 saturated heterocycles. The van der Waals surface area contributed by atoms with E-state index in [9.17, 15) is 9.59 Å². The molecule has 2 amide bonds. The van der Waals surface area contributed by atoms with E-state index in [1.54, 1.807) is 4.90 Å². The van der Waals surface area contributed by atoms with E-state index in [4.69, 9.17) is 0 Å². The van der Waals surface area contributed by atoms with Crippen molar-refractivity contribution in [2.45, 2.75) is 46.2 Å². The average Bonchev–Trinajstić information content (AvgIpc) is 2.41. The Bertz CT molecular complexity index is 519. The fourth-order valence-electron chi connectivity index (χ4n) is 2.97. The number of piperazine rings is 1. The molecule has 0 radical (unpaired) electrons. The van der Waals surface area contributed by atoms with Crippen LogP contribution in [0.5, 0.6) is 0 Å². The van der Waals surface area contributed by atoms with Crippen LogP contribution in [0, 0.1) is 5.41 Å². The molecule has 0 aliphatic carbocycles. The smallest absolute Gasteiger partial charge is 0.246 e. The number of amides is 2. The van der Waals surface area contributed by atoms with Gasteiger partial charge in [-0.15, -0.1) is 0 Å². The molecule has 1 aliphatic rings. The molecular formula is C17H24N2O2. The number of likely N-dealkylation sites (N-methyl/N-ethyl adjacent to an activating group) is 1. The molecule has 1 aromatic rings. The Morgan fingerprint density at radius 1 is 1.14 bits per heavy atom. The van der Waals surface area contributed by atoms with Crippen LogP contribution in [0.25, 0.3) is 0 Å². The lowest BCUT2D eigenvalue weighted by atomic mass is 9.82. The lowest BCUT2D eigenvalue weighted by Gasteiger charge is -2.44. The Morgan fingerprint density at radius 2 is 1.76 bits per heavy atom. The Balaban J connectivity index is 2.21. The topological polar surface area (TPSA) is 49.4 Å². The van der Waals surface area contributed by atoms with Crippen molar-refractivity contribution < 1.29 is 9.59 Å². The van der Waals surface area contributed by atoms with Crippen molar-refractivity contribution in [3.8, 4) is 0 Å². The summed E-state index contributed by atoms with van der Waals surface area (Å²) in [5, 5.41) is 2.91. The second-order valence-corrected chi connectivity index (χ2v) is 6.64. The molecule has 1 heterocycles. The lowest BCUT2D eigenvalue weighted by Crippen LogP contribution is -2.67. The van der Waals surface area contributed by atoms with E-state index < -0.39 is 12.1 Å². The van der Waals surface area contributed by atoms with Crippen LogP contribution in [0.2, 0.25) is 0 Å². The molecule has 0 saturated carbocycles. The molecule has 0 spiro atoms. The number of nitrogens with zero attached hydrogens (tertiary/aromatic N) is 1. The van der Waals surface area contributed by atoms with Crippen LogP contribution < -0.4 is 5.32 Å². The number of benzene rings is 1. The normalized spacial score (nSPS) is 23.1. The maximum Gasteiger partial charge on any atom is 0.246 e. The molecule has 4 heteroatoms. The van der Waals surface area contributed by atoms with Crippen LogP contribution in [-0.2, 0) is 16.0 Å². The van der Waals surface area contributed by atoms with Crippen molar-refractivity contribution in [1.82, 2.24) is 10.2 Å². The van der Waals surface area contributed by atoms with E-state index >= 15 is 0 Å². The quantitative estimate of drug-likeness (QED) is 0.924. The predicted octanol–water partition coefficient (Wildman–Crippen LogP) is 1.99. The van der Waals surface area contributed by atoms with Gasteiger partial charge in [0.15, 0.2) is 0 Å². The minimum Gasteiger partial charge on any atom is -0.342 e. The fourth-order valence-corrected chi connectivity index (χ4v) is 2.97. The van der Waals surface area contributed by atoms with Crippen molar-refractivity contribution in [3.63, 3.8) is 0 Å². The zero-order valence-corrected chi connectivity index (χ0v) is 13.2. The number of carbonyl (C=O) groups excluding carboxylic acids is 2. The molecule has 114 valence electrons. The average molecular weight is 288 g/mol. The van der Waals surface area contributed by atoms with Crippen molar-refractivity contribution in [2.24, 2.45) is 5.41 Å². The SMILES string of the molecule is CCN1C(=O)C(Cc2ccccc2)NC(=O)C1C(C)(C)C. The van der Waals surface area contributed by atoms with Crippen LogP contribution in [0.15, 0.2) is 30.3 Å². The molecule has 0 aromatic heterocycles. The van der Waals surface area contributed by atoms with Crippen LogP contribution in [-0.4, -0.2) is 35.3 Å². The number of rotatable bonds is 3. The van der Waals surface area contributed by atoms with Gasteiger partial charge in [-0.25, -0.2) is 0 Å². The number of nitrogens with one attached hydrogen (secondary N) is 1. The van der Waals surface area contributed by atoms with Crippen LogP contribution in [0.3, 0.4) is 0 Å². The van der Waals surface area contributed by atoms with Crippen LogP contribution >= 0.6 is 0 Å². The summed E-state index contributed by atoms with van der Waals surface area (Å²) in [6, 6.07) is 8.93. The molecular weight excluding hydrogens is 264 g/mol. The predicted molar refractivity (Wildman–Crippen MR) is 82.7 cm³/mol. The van der Waals surface area contributed by atoms with E-state index in [0.29, 0.717) is 13.0 Å². The molecule has 1 fully saturated rings. The Hall–Kier alpha value is -1.84. The third-order valence-electron chi connectivity index (χ3n) is 3.90. The molecule has 2 unspecified atom stereocenters. The van der Waals surface area contributed by atoms with E-state index in [0.717, 1.165) is 5.56 Å². The van der Waals surface area contributed by atoms with Gasteiger partial charge in [-0.3, -0.25) is 9.59 Å². The Morgan fingerprint density at radius 3 is 2.29 bits per heavy atom. The van der Waals surface area contributed by atoms with E-state index in [2.05, 4.69) is 5.32 Å². The summed E-state index contributed by atoms with van der Waals surface area (Å²) in [4.78, 5) is 26.8. The summed E-state index contributed by atoms with van der Waals surface area (Å²) in [6.45, 7) is 8.45. The summed E-state index contributed by atoms with van der Waals surface area (Å²) < 4.78 is 0. The molecule has 1 N–H and O–H groups in total. The summed E-state index contributed by atoms with van der Waals surface area (Å²) in [5.41, 5.74) is 0.786. The summed E-state index contributed by atoms with van der Waals surface area (Å²) >= 11 is 0. The van der Waals surface area contributed by atoms with E-state index in [1.807, 2.05) is 58.0 Å². The van der Waals surface area contributed by atoms with Gasteiger partial charge in [0.1, 0.15) is 12.1 Å². The molecule has 1 aliphatic heterocycles. The van der Waals surface area contributed by atoms with Crippen molar-refractivity contribution >= 4 is 11.8 Å². The monoisotopic (exact) mass is 288 g/mol. The molecule has 4 nitrogen and oxygen atoms in total. The molecule has 0 bridgehead atoms. The number of hydrogen-bond acceptors (Lipinski definition) is 2. The van der Waals surface area contributed by atoms with Crippen molar-refractivity contribution in [3.05, 3.63) is 35.9 Å². The Labute approximate surface area is 126 Å². The van der Waals surface area contributed by atoms with Crippen LogP contribution in [0.4, 0.5) is 0 Å². The molecule has 2 atom stereocenters. The summed E-state index contributed by atoms with van der Waals surface area (Å²) in [5.74, 6) is -0.0363. The second kappa shape index (κ2) is 5.88. The minimum atomic E-state index is -0.460. The fraction of sp³-hybridized carbons (Fsp3) is 0.529. The first-order chi connectivity index (χ1) is 9.84. The zero-order valence-electron chi connectivity index (χ0n) is 13.2. The number of carbonyl (C=O) groups is 2. The maximum absolute atomic E-state index is 12.7. The third kappa shape index (κ3) is 3.26. The van der Waals surface area contributed by atoms with Gasteiger partial charge in [-0.1, -0.05) is 51.1 Å². The highest BCUT2D eigenvalue weighted by Crippen LogP contribution is 2.28. The van der Waals surface area contributed by atoms with Crippen molar-refractivity contribution in [1.29, 1.82) is 0 Å². The van der Waals surface area contributed by atoms with Gasteiger partial charge in [-0.05, 0) is 17.9 Å². The Kier molecular flexibility index (Phi) is 4.35. The first-order valence-corrected chi connectivity index (χ1v) is 7.49. The van der Waals surface area contributed by atoms with Gasteiger partial charge >= 0.3 is 0 Å². The second-order valence-electron chi connectivity index (χ2n) is 6.64. The third-order valence-corrected chi connectivity index (χ3v) is 3.90. The van der Waals surface area contributed by atoms with Crippen molar-refractivity contribution in [2.75, 3.05) is 6.54 Å². The largest absolute Gasteiger partial charge is 0.342 e. The first kappa shape index (κ1) is 15.5. The van der Waals surface area contributed by atoms with Gasteiger partial charge in [0.2, 0.25) is 11.8 Å². The highest BCUT2D eigenvalue weighted by atomic mass is 16.2. The highest BCUT2D eigenvalue weighted by molar-refractivity contribution is 5.97. The molecule has 21 heavy (non-hydrogen) atoms. The lowest BCUT2D eigenvalue weighted by molar-refractivity contribution is -0.153. The van der Waals surface area contributed by atoms with E-state index in [-0.39, 0.29) is 17.2 Å². The number of hydrogen-bond donors (Lipinski definition) is 1. The van der Waals surface area contributed by atoms with Crippen LogP contribution in [0.1, 0.15) is 33.3 Å². The van der Waals surface area contributed by atoms with E-state index in [1.165, 1.54) is 0 Å². The highest BCUT2D eigenvalue weighted by Gasteiger charge is 2.45. The zero-order chi connectivity index (χ0) is 15.6. The summed E-state index contributed by atoms with van der Waals surface area (Å²) in [6.07, 6.45) is 0.540. The maximum atomic E-state index is 12.7. The van der Waals surface area contributed by atoms with Gasteiger partial charge in [-0.2, -0.15) is 0 Å². The molecule has 1 aromatic carbocycles. The minimum absolute atomic E-state index is 0.0147. The standard InChI is InChI=1S/C17H24N2O2/c1-5-19-14(17(2,3)4)15(20)18-13(16(19)21)11-12-9-7-6-8-10-12/h6-10,13-14H,5,11H2,1-4H3,(H,18,20). The van der Waals surface area contributed by atoms with Gasteiger partial charge < -0.3 is 10.2 Å². The van der Waals surface area contributed by atoms with Gasteiger partial charge in [0.05, 0.1) is 0 Å². The first-order valence-electron chi connectivity index (χ1n) is 7.49. The van der Waals surface area contributed by atoms with Gasteiger partial charge in [0.25, 0.3) is 0 Å². The van der Waals surface area contributed by atoms with Gasteiger partial charge in [0, 0.05) is 13.0 Å². The summed E-state index contributed by atoms with van der Waals surface area (Å²) in [7, 11) is 0. The molecule has 2 rings (SSSR count).